The molecule has 6 nitrogen and oxygen atoms in total. The maximum atomic E-state index is 12.0. The Morgan fingerprint density at radius 2 is 2.35 bits per heavy atom. The number of halogens is 1. The largest absolute Gasteiger partial charge is 0.350 e. The summed E-state index contributed by atoms with van der Waals surface area (Å²) < 4.78 is 0. The predicted molar refractivity (Wildman–Crippen MR) is 76.1 cm³/mol. The number of hydrogen-bond acceptors (Lipinski definition) is 3. The molecule has 20 heavy (non-hydrogen) atoms. The lowest BCUT2D eigenvalue weighted by Crippen LogP contribution is -2.43. The Labute approximate surface area is 122 Å². The van der Waals surface area contributed by atoms with Gasteiger partial charge in [0.2, 0.25) is 5.91 Å². The molecule has 7 heteroatoms. The second-order valence-electron chi connectivity index (χ2n) is 4.61. The van der Waals surface area contributed by atoms with Crippen LogP contribution in [-0.4, -0.2) is 36.5 Å². The van der Waals surface area contributed by atoms with Gasteiger partial charge in [0.05, 0.1) is 0 Å². The SMILES string of the molecule is CN1C(=O)NCC1C(=O)NCc1cccc(Cl)c1CN. The molecule has 0 bridgehead atoms. The average Bonchev–Trinajstić information content (AvgIpc) is 2.76. The fourth-order valence-corrected chi connectivity index (χ4v) is 2.42. The molecule has 0 radical (unpaired) electrons. The van der Waals surface area contributed by atoms with Crippen molar-refractivity contribution >= 4 is 23.5 Å². The standard InChI is InChI=1S/C13H17ClN4O2/c1-18-11(7-17-13(18)20)12(19)16-6-8-3-2-4-10(14)9(8)5-15/h2-4,11H,5-7,15H2,1H3,(H,16,19)(H,17,20). The summed E-state index contributed by atoms with van der Waals surface area (Å²) in [5.41, 5.74) is 7.37. The molecule has 1 saturated heterocycles. The van der Waals surface area contributed by atoms with Crippen molar-refractivity contribution in [1.29, 1.82) is 0 Å². The summed E-state index contributed by atoms with van der Waals surface area (Å²) in [5, 5.41) is 6.01. The van der Waals surface area contributed by atoms with Gasteiger partial charge in [-0.25, -0.2) is 4.79 Å². The summed E-state index contributed by atoms with van der Waals surface area (Å²) in [6.07, 6.45) is 0. The summed E-state index contributed by atoms with van der Waals surface area (Å²) in [5.74, 6) is -0.200. The van der Waals surface area contributed by atoms with Crippen molar-refractivity contribution in [3.63, 3.8) is 0 Å². The van der Waals surface area contributed by atoms with Crippen LogP contribution in [0.1, 0.15) is 11.1 Å². The van der Waals surface area contributed by atoms with E-state index in [-0.39, 0.29) is 11.9 Å². The van der Waals surface area contributed by atoms with Crippen molar-refractivity contribution in [2.75, 3.05) is 13.6 Å². The van der Waals surface area contributed by atoms with Crippen LogP contribution in [0.3, 0.4) is 0 Å². The maximum Gasteiger partial charge on any atom is 0.317 e. The van der Waals surface area contributed by atoms with E-state index < -0.39 is 6.04 Å². The average molecular weight is 297 g/mol. The van der Waals surface area contributed by atoms with Crippen molar-refractivity contribution in [2.24, 2.45) is 5.73 Å². The molecule has 1 fully saturated rings. The van der Waals surface area contributed by atoms with Crippen LogP contribution < -0.4 is 16.4 Å². The first-order valence-electron chi connectivity index (χ1n) is 6.29. The number of carbonyl (C=O) groups is 2. The van der Waals surface area contributed by atoms with Gasteiger partial charge in [0.1, 0.15) is 6.04 Å². The minimum absolute atomic E-state index is 0.200. The van der Waals surface area contributed by atoms with Gasteiger partial charge in [0.15, 0.2) is 0 Å². The molecule has 0 spiro atoms. The van der Waals surface area contributed by atoms with Gasteiger partial charge < -0.3 is 21.3 Å². The van der Waals surface area contributed by atoms with E-state index in [1.165, 1.54) is 4.90 Å². The molecular weight excluding hydrogens is 280 g/mol. The first kappa shape index (κ1) is 14.6. The number of nitrogens with zero attached hydrogens (tertiary/aromatic N) is 1. The Kier molecular flexibility index (Phi) is 4.46. The van der Waals surface area contributed by atoms with Crippen molar-refractivity contribution in [3.8, 4) is 0 Å². The number of amides is 3. The molecule has 1 heterocycles. The van der Waals surface area contributed by atoms with E-state index in [2.05, 4.69) is 10.6 Å². The molecule has 0 aliphatic carbocycles. The van der Waals surface area contributed by atoms with E-state index in [1.807, 2.05) is 12.1 Å². The van der Waals surface area contributed by atoms with Gasteiger partial charge in [0, 0.05) is 31.7 Å². The molecule has 2 rings (SSSR count). The van der Waals surface area contributed by atoms with E-state index in [0.29, 0.717) is 24.7 Å². The summed E-state index contributed by atoms with van der Waals surface area (Å²) in [4.78, 5) is 24.7. The Balaban J connectivity index is 2.01. The highest BCUT2D eigenvalue weighted by molar-refractivity contribution is 6.31. The minimum atomic E-state index is -0.483. The molecular formula is C13H17ClN4O2. The monoisotopic (exact) mass is 296 g/mol. The van der Waals surface area contributed by atoms with Crippen molar-refractivity contribution in [3.05, 3.63) is 34.3 Å². The van der Waals surface area contributed by atoms with Crippen LogP contribution in [0.5, 0.6) is 0 Å². The number of hydrogen-bond donors (Lipinski definition) is 3. The lowest BCUT2D eigenvalue weighted by atomic mass is 10.1. The number of carbonyl (C=O) groups excluding carboxylic acids is 2. The summed E-state index contributed by atoms with van der Waals surface area (Å²) >= 11 is 6.06. The van der Waals surface area contributed by atoms with Crippen LogP contribution in [0.4, 0.5) is 4.79 Å². The van der Waals surface area contributed by atoms with Crippen LogP contribution >= 0.6 is 11.6 Å². The normalized spacial score (nSPS) is 18.1. The maximum absolute atomic E-state index is 12.0. The third-order valence-corrected chi connectivity index (χ3v) is 3.76. The number of nitrogens with two attached hydrogens (primary N) is 1. The highest BCUT2D eigenvalue weighted by Crippen LogP contribution is 2.19. The molecule has 4 N–H and O–H groups in total. The molecule has 0 aromatic heterocycles. The lowest BCUT2D eigenvalue weighted by Gasteiger charge is -2.18. The second kappa shape index (κ2) is 6.11. The van der Waals surface area contributed by atoms with Crippen LogP contribution in [0.15, 0.2) is 18.2 Å². The summed E-state index contributed by atoms with van der Waals surface area (Å²) in [6, 6.07) is 4.73. The zero-order valence-corrected chi connectivity index (χ0v) is 11.9. The topological polar surface area (TPSA) is 87.5 Å². The predicted octanol–water partition coefficient (Wildman–Crippen LogP) is 0.439. The third-order valence-electron chi connectivity index (χ3n) is 3.41. The smallest absolute Gasteiger partial charge is 0.317 e. The molecule has 1 aliphatic rings. The first-order chi connectivity index (χ1) is 9.54. The number of benzene rings is 1. The Bertz CT molecular complexity index is 535. The van der Waals surface area contributed by atoms with Crippen LogP contribution in [0.25, 0.3) is 0 Å². The number of urea groups is 1. The quantitative estimate of drug-likeness (QED) is 0.753. The molecule has 1 aliphatic heterocycles. The van der Waals surface area contributed by atoms with E-state index >= 15 is 0 Å². The number of likely N-dealkylation sites (N-methyl/N-ethyl adjacent to an activating group) is 1. The molecule has 108 valence electrons. The molecule has 1 unspecified atom stereocenters. The molecule has 1 atom stereocenters. The van der Waals surface area contributed by atoms with Crippen molar-refractivity contribution in [1.82, 2.24) is 15.5 Å². The highest BCUT2D eigenvalue weighted by Gasteiger charge is 2.32. The third kappa shape index (κ3) is 2.86. The number of nitrogens with one attached hydrogen (secondary N) is 2. The van der Waals surface area contributed by atoms with Crippen molar-refractivity contribution in [2.45, 2.75) is 19.1 Å². The first-order valence-corrected chi connectivity index (χ1v) is 6.67. The van der Waals surface area contributed by atoms with Gasteiger partial charge in [-0.15, -0.1) is 0 Å². The van der Waals surface area contributed by atoms with Gasteiger partial charge in [-0.3, -0.25) is 4.79 Å². The Hall–Kier alpha value is -1.79. The Morgan fingerprint density at radius 3 is 2.95 bits per heavy atom. The highest BCUT2D eigenvalue weighted by atomic mass is 35.5. The van der Waals surface area contributed by atoms with E-state index in [1.54, 1.807) is 13.1 Å². The molecule has 3 amide bonds. The zero-order chi connectivity index (χ0) is 14.7. The van der Waals surface area contributed by atoms with Gasteiger partial charge in [-0.2, -0.15) is 0 Å². The van der Waals surface area contributed by atoms with Crippen LogP contribution in [0.2, 0.25) is 5.02 Å². The summed E-state index contributed by atoms with van der Waals surface area (Å²) in [7, 11) is 1.59. The minimum Gasteiger partial charge on any atom is -0.350 e. The van der Waals surface area contributed by atoms with Crippen molar-refractivity contribution < 1.29 is 9.59 Å². The van der Waals surface area contributed by atoms with Crippen LogP contribution in [-0.2, 0) is 17.9 Å². The molecule has 0 saturated carbocycles. The van der Waals surface area contributed by atoms with Gasteiger partial charge in [0.25, 0.3) is 0 Å². The fourth-order valence-electron chi connectivity index (χ4n) is 2.15. The van der Waals surface area contributed by atoms with E-state index in [4.69, 9.17) is 17.3 Å². The van der Waals surface area contributed by atoms with E-state index in [0.717, 1.165) is 11.1 Å². The zero-order valence-electron chi connectivity index (χ0n) is 11.1. The Morgan fingerprint density at radius 1 is 1.60 bits per heavy atom. The lowest BCUT2D eigenvalue weighted by molar-refractivity contribution is -0.124. The fraction of sp³-hybridized carbons (Fsp3) is 0.385. The van der Waals surface area contributed by atoms with Gasteiger partial charge in [-0.05, 0) is 17.2 Å². The van der Waals surface area contributed by atoms with E-state index in [9.17, 15) is 9.59 Å². The van der Waals surface area contributed by atoms with Gasteiger partial charge >= 0.3 is 6.03 Å². The van der Waals surface area contributed by atoms with Crippen LogP contribution in [0, 0.1) is 0 Å². The molecule has 1 aromatic carbocycles. The summed E-state index contributed by atoms with van der Waals surface area (Å²) in [6.45, 7) is 0.971. The van der Waals surface area contributed by atoms with Gasteiger partial charge in [-0.1, -0.05) is 23.7 Å². The second-order valence-corrected chi connectivity index (χ2v) is 5.02. The molecule has 1 aromatic rings. The number of rotatable bonds is 4.